The summed E-state index contributed by atoms with van der Waals surface area (Å²) >= 11 is 1.62. The Hall–Kier alpha value is -2.60. The van der Waals surface area contributed by atoms with Gasteiger partial charge in [0.2, 0.25) is 5.91 Å². The number of aromatic nitrogens is 1. The van der Waals surface area contributed by atoms with Gasteiger partial charge in [-0.1, -0.05) is 32.9 Å². The summed E-state index contributed by atoms with van der Waals surface area (Å²) in [6.45, 7) is 8.35. The van der Waals surface area contributed by atoms with Gasteiger partial charge in [-0.2, -0.15) is 0 Å². The number of hydrogen-bond acceptors (Lipinski definition) is 5. The van der Waals surface area contributed by atoms with E-state index in [9.17, 15) is 4.79 Å². The molecule has 0 unspecified atom stereocenters. The Morgan fingerprint density at radius 2 is 1.92 bits per heavy atom. The molecular weight excluding hydrogens is 346 g/mol. The van der Waals surface area contributed by atoms with Crippen LogP contribution in [0.2, 0.25) is 0 Å². The average molecular weight is 369 g/mol. The van der Waals surface area contributed by atoms with Crippen molar-refractivity contribution < 1.29 is 9.21 Å². The van der Waals surface area contributed by atoms with Crippen LogP contribution in [0.3, 0.4) is 0 Å². The topological polar surface area (TPSA) is 67.2 Å². The van der Waals surface area contributed by atoms with Gasteiger partial charge in [-0.15, -0.1) is 11.3 Å². The van der Waals surface area contributed by atoms with Crippen molar-refractivity contribution >= 4 is 28.1 Å². The Morgan fingerprint density at radius 3 is 2.54 bits per heavy atom. The minimum atomic E-state index is -0.418. The summed E-state index contributed by atoms with van der Waals surface area (Å²) < 4.78 is 5.33. The van der Waals surface area contributed by atoms with E-state index in [2.05, 4.69) is 22.5 Å². The average Bonchev–Trinajstić information content (AvgIpc) is 3.22. The quantitative estimate of drug-likeness (QED) is 0.640. The van der Waals surface area contributed by atoms with Crippen LogP contribution in [0.1, 0.15) is 31.4 Å². The highest BCUT2D eigenvalue weighted by atomic mass is 32.1. The van der Waals surface area contributed by atoms with E-state index in [1.807, 2.05) is 57.2 Å². The van der Waals surface area contributed by atoms with Gasteiger partial charge in [0.05, 0.1) is 18.5 Å². The molecule has 0 saturated carbocycles. The largest absolute Gasteiger partial charge is 0.467 e. The number of anilines is 2. The second-order valence-corrected chi connectivity index (χ2v) is 8.34. The highest BCUT2D eigenvalue weighted by Gasteiger charge is 2.21. The monoisotopic (exact) mass is 369 g/mol. The summed E-state index contributed by atoms with van der Waals surface area (Å²) in [5, 5.41) is 7.09. The van der Waals surface area contributed by atoms with Crippen molar-refractivity contribution in [3.05, 3.63) is 53.3 Å². The van der Waals surface area contributed by atoms with Crippen LogP contribution in [0.4, 0.5) is 10.8 Å². The van der Waals surface area contributed by atoms with Gasteiger partial charge in [-0.25, -0.2) is 4.98 Å². The van der Waals surface area contributed by atoms with Gasteiger partial charge in [-0.3, -0.25) is 4.79 Å². The molecule has 3 aromatic rings. The van der Waals surface area contributed by atoms with Gasteiger partial charge >= 0.3 is 0 Å². The molecule has 2 aromatic heterocycles. The molecule has 2 heterocycles. The van der Waals surface area contributed by atoms with Crippen LogP contribution < -0.4 is 10.6 Å². The summed E-state index contributed by atoms with van der Waals surface area (Å²) in [5.74, 6) is 0.873. The molecule has 6 heteroatoms. The Bertz CT molecular complexity index is 875. The van der Waals surface area contributed by atoms with E-state index >= 15 is 0 Å². The zero-order chi connectivity index (χ0) is 18.7. The van der Waals surface area contributed by atoms with Crippen molar-refractivity contribution in [1.82, 2.24) is 4.98 Å². The third-order valence-corrected chi connectivity index (χ3v) is 4.82. The number of carbonyl (C=O) groups is 1. The molecule has 136 valence electrons. The third-order valence-electron chi connectivity index (χ3n) is 3.89. The van der Waals surface area contributed by atoms with E-state index in [0.717, 1.165) is 32.7 Å². The maximum Gasteiger partial charge on any atom is 0.229 e. The number of furan rings is 1. The number of hydrogen-bond donors (Lipinski definition) is 2. The van der Waals surface area contributed by atoms with Crippen molar-refractivity contribution in [2.24, 2.45) is 5.41 Å². The molecule has 0 atom stereocenters. The third kappa shape index (κ3) is 4.32. The maximum atomic E-state index is 12.1. The van der Waals surface area contributed by atoms with Crippen LogP contribution in [0.25, 0.3) is 11.3 Å². The second kappa shape index (κ2) is 7.33. The molecule has 0 aliphatic carbocycles. The molecule has 0 saturated heterocycles. The molecule has 0 radical (unpaired) electrons. The Morgan fingerprint density at radius 1 is 1.19 bits per heavy atom. The van der Waals surface area contributed by atoms with E-state index in [-0.39, 0.29) is 5.91 Å². The van der Waals surface area contributed by atoms with Gasteiger partial charge in [0, 0.05) is 21.5 Å². The zero-order valence-electron chi connectivity index (χ0n) is 15.4. The number of carbonyl (C=O) groups excluding carboxylic acids is 1. The highest BCUT2D eigenvalue weighted by molar-refractivity contribution is 7.16. The van der Waals surface area contributed by atoms with Crippen molar-refractivity contribution in [2.75, 3.05) is 10.6 Å². The van der Waals surface area contributed by atoms with Gasteiger partial charge in [-0.05, 0) is 31.2 Å². The molecule has 3 rings (SSSR count). The SMILES string of the molecule is Cc1sc(NCc2ccco2)nc1-c1ccc(NC(=O)C(C)(C)C)cc1. The minimum absolute atomic E-state index is 0.000462. The van der Waals surface area contributed by atoms with E-state index in [1.54, 1.807) is 17.6 Å². The number of rotatable bonds is 5. The van der Waals surface area contributed by atoms with Crippen molar-refractivity contribution in [1.29, 1.82) is 0 Å². The van der Waals surface area contributed by atoms with E-state index in [4.69, 9.17) is 4.42 Å². The summed E-state index contributed by atoms with van der Waals surface area (Å²) in [4.78, 5) is 17.9. The lowest BCUT2D eigenvalue weighted by atomic mass is 9.95. The number of nitrogens with one attached hydrogen (secondary N) is 2. The van der Waals surface area contributed by atoms with Crippen LogP contribution >= 0.6 is 11.3 Å². The Balaban J connectivity index is 1.70. The van der Waals surface area contributed by atoms with E-state index in [1.165, 1.54) is 0 Å². The molecule has 5 nitrogen and oxygen atoms in total. The molecule has 0 aliphatic heterocycles. The molecule has 0 spiro atoms. The van der Waals surface area contributed by atoms with Crippen molar-refractivity contribution in [3.8, 4) is 11.3 Å². The van der Waals surface area contributed by atoms with Crippen LogP contribution in [-0.2, 0) is 11.3 Å². The fraction of sp³-hybridized carbons (Fsp3) is 0.300. The first kappa shape index (κ1) is 18.2. The Labute approximate surface area is 157 Å². The minimum Gasteiger partial charge on any atom is -0.467 e. The predicted molar refractivity (Wildman–Crippen MR) is 106 cm³/mol. The lowest BCUT2D eigenvalue weighted by molar-refractivity contribution is -0.123. The maximum absolute atomic E-state index is 12.1. The van der Waals surface area contributed by atoms with Gasteiger partial charge in [0.1, 0.15) is 5.76 Å². The van der Waals surface area contributed by atoms with Crippen molar-refractivity contribution in [3.63, 3.8) is 0 Å². The summed E-state index contributed by atoms with van der Waals surface area (Å²) in [5.41, 5.74) is 2.35. The number of aryl methyl sites for hydroxylation is 1. The van der Waals surface area contributed by atoms with Crippen LogP contribution in [0, 0.1) is 12.3 Å². The van der Waals surface area contributed by atoms with Gasteiger partial charge < -0.3 is 15.1 Å². The number of benzene rings is 1. The number of amides is 1. The number of thiazole rings is 1. The fourth-order valence-electron chi connectivity index (χ4n) is 2.35. The zero-order valence-corrected chi connectivity index (χ0v) is 16.2. The lowest BCUT2D eigenvalue weighted by Gasteiger charge is -2.17. The summed E-state index contributed by atoms with van der Waals surface area (Å²) in [6, 6.07) is 11.6. The van der Waals surface area contributed by atoms with Gasteiger partial charge in [0.25, 0.3) is 0 Å². The fourth-order valence-corrected chi connectivity index (χ4v) is 3.18. The molecule has 1 aromatic carbocycles. The van der Waals surface area contributed by atoms with Crippen LogP contribution in [0.15, 0.2) is 47.1 Å². The summed E-state index contributed by atoms with van der Waals surface area (Å²) in [6.07, 6.45) is 1.66. The molecule has 0 aliphatic rings. The standard InChI is InChI=1S/C20H23N3O2S/c1-13-17(23-19(26-13)21-12-16-6-5-11-25-16)14-7-9-15(10-8-14)22-18(24)20(2,3)4/h5-11H,12H2,1-4H3,(H,21,23)(H,22,24). The number of nitrogens with zero attached hydrogens (tertiary/aromatic N) is 1. The lowest BCUT2D eigenvalue weighted by Crippen LogP contribution is -2.27. The Kier molecular flexibility index (Phi) is 5.13. The molecule has 0 fully saturated rings. The highest BCUT2D eigenvalue weighted by Crippen LogP contribution is 2.31. The van der Waals surface area contributed by atoms with Crippen molar-refractivity contribution in [2.45, 2.75) is 34.2 Å². The summed E-state index contributed by atoms with van der Waals surface area (Å²) in [7, 11) is 0. The first-order valence-corrected chi connectivity index (χ1v) is 9.30. The van der Waals surface area contributed by atoms with Gasteiger partial charge in [0.15, 0.2) is 5.13 Å². The van der Waals surface area contributed by atoms with Crippen LogP contribution in [0.5, 0.6) is 0 Å². The smallest absolute Gasteiger partial charge is 0.229 e. The second-order valence-electron chi connectivity index (χ2n) is 7.14. The molecule has 1 amide bonds. The molecule has 0 bridgehead atoms. The first-order valence-electron chi connectivity index (χ1n) is 8.48. The van der Waals surface area contributed by atoms with E-state index < -0.39 is 5.41 Å². The molecule has 26 heavy (non-hydrogen) atoms. The normalized spacial score (nSPS) is 11.4. The van der Waals surface area contributed by atoms with E-state index in [0.29, 0.717) is 6.54 Å². The van der Waals surface area contributed by atoms with Crippen LogP contribution in [-0.4, -0.2) is 10.9 Å². The molecular formula is C20H23N3O2S. The molecule has 2 N–H and O–H groups in total. The predicted octanol–water partition coefficient (Wildman–Crippen LogP) is 5.31. The first-order chi connectivity index (χ1) is 12.3.